The molecular formula is C18H26ClF2N3O3. The molecule has 0 bridgehead atoms. The van der Waals surface area contributed by atoms with Crippen molar-refractivity contribution >= 4 is 24.0 Å². The normalized spacial score (nSPS) is 24.1. The van der Waals surface area contributed by atoms with Crippen LogP contribution >= 0.6 is 12.4 Å². The van der Waals surface area contributed by atoms with Crippen molar-refractivity contribution in [3.63, 3.8) is 0 Å². The van der Waals surface area contributed by atoms with Crippen LogP contribution in [-0.4, -0.2) is 62.7 Å². The number of anilines is 1. The van der Waals surface area contributed by atoms with Crippen LogP contribution in [0.25, 0.3) is 0 Å². The number of rotatable bonds is 5. The largest absolute Gasteiger partial charge is 0.497 e. The Labute approximate surface area is 164 Å². The lowest BCUT2D eigenvalue weighted by molar-refractivity contribution is -0.134. The summed E-state index contributed by atoms with van der Waals surface area (Å²) in [6.07, 6.45) is 1.30. The van der Waals surface area contributed by atoms with Gasteiger partial charge in [-0.25, -0.2) is 8.78 Å². The zero-order valence-corrected chi connectivity index (χ0v) is 16.3. The third-order valence-corrected chi connectivity index (χ3v) is 4.86. The van der Waals surface area contributed by atoms with Gasteiger partial charge in [-0.15, -0.1) is 12.4 Å². The summed E-state index contributed by atoms with van der Waals surface area (Å²) in [6.45, 7) is 0.660. The lowest BCUT2D eigenvalue weighted by Crippen LogP contribution is -2.50. The van der Waals surface area contributed by atoms with Crippen molar-refractivity contribution in [2.24, 2.45) is 0 Å². The molecule has 1 aromatic carbocycles. The monoisotopic (exact) mass is 405 g/mol. The lowest BCUT2D eigenvalue weighted by atomic mass is 10.0. The second-order valence-electron chi connectivity index (χ2n) is 6.86. The molecule has 1 aromatic rings. The van der Waals surface area contributed by atoms with Gasteiger partial charge in [0.1, 0.15) is 11.5 Å². The van der Waals surface area contributed by atoms with E-state index in [2.05, 4.69) is 10.6 Å². The number of benzene rings is 1. The highest BCUT2D eigenvalue weighted by atomic mass is 35.5. The average Bonchev–Trinajstić information content (AvgIpc) is 3.00. The van der Waals surface area contributed by atoms with E-state index in [0.29, 0.717) is 24.6 Å². The van der Waals surface area contributed by atoms with E-state index < -0.39 is 24.9 Å². The predicted molar refractivity (Wildman–Crippen MR) is 101 cm³/mol. The summed E-state index contributed by atoms with van der Waals surface area (Å²) < 4.78 is 37.3. The van der Waals surface area contributed by atoms with E-state index in [1.54, 1.807) is 25.2 Å². The highest BCUT2D eigenvalue weighted by Gasteiger charge is 2.44. The van der Waals surface area contributed by atoms with Gasteiger partial charge in [-0.3, -0.25) is 10.1 Å². The van der Waals surface area contributed by atoms with Gasteiger partial charge in [-0.05, 0) is 12.8 Å². The number of halogens is 3. The molecule has 2 unspecified atom stereocenters. The molecule has 2 aliphatic rings. The first-order valence-electron chi connectivity index (χ1n) is 8.80. The second-order valence-corrected chi connectivity index (χ2v) is 6.86. The fourth-order valence-corrected chi connectivity index (χ4v) is 3.53. The van der Waals surface area contributed by atoms with Gasteiger partial charge >= 0.3 is 0 Å². The second kappa shape index (κ2) is 8.93. The topological polar surface area (TPSA) is 62.8 Å². The Bertz CT molecular complexity index is 640. The summed E-state index contributed by atoms with van der Waals surface area (Å²) >= 11 is 0. The number of alkyl halides is 2. The molecular weight excluding hydrogens is 380 g/mol. The minimum absolute atomic E-state index is 0. The molecule has 2 fully saturated rings. The molecule has 0 radical (unpaired) electrons. The number of likely N-dealkylation sites (tertiary alicyclic amines) is 1. The Morgan fingerprint density at radius 3 is 2.48 bits per heavy atom. The third kappa shape index (κ3) is 5.35. The van der Waals surface area contributed by atoms with Crippen molar-refractivity contribution in [3.8, 4) is 11.5 Å². The number of ether oxygens (including phenoxy) is 2. The maximum absolute atomic E-state index is 13.4. The molecule has 2 aliphatic heterocycles. The van der Waals surface area contributed by atoms with Crippen molar-refractivity contribution in [1.82, 2.24) is 10.2 Å². The molecule has 2 saturated heterocycles. The fraction of sp³-hybridized carbons (Fsp3) is 0.611. The quantitative estimate of drug-likeness (QED) is 0.788. The van der Waals surface area contributed by atoms with Crippen LogP contribution < -0.4 is 20.1 Å². The number of carbonyl (C=O) groups is 1. The van der Waals surface area contributed by atoms with E-state index in [0.717, 1.165) is 18.5 Å². The first-order chi connectivity index (χ1) is 12.4. The summed E-state index contributed by atoms with van der Waals surface area (Å²) in [5.74, 6) is -1.69. The molecule has 152 valence electrons. The Morgan fingerprint density at radius 1 is 1.26 bits per heavy atom. The van der Waals surface area contributed by atoms with Crippen LogP contribution in [0, 0.1) is 0 Å². The minimum Gasteiger partial charge on any atom is -0.497 e. The molecule has 3 rings (SSSR count). The maximum atomic E-state index is 13.4. The molecule has 2 heterocycles. The molecule has 27 heavy (non-hydrogen) atoms. The Hall–Kier alpha value is -1.80. The Balaban J connectivity index is 0.00000261. The summed E-state index contributed by atoms with van der Waals surface area (Å²) in [7, 11) is 3.17. The molecule has 6 nitrogen and oxygen atoms in total. The van der Waals surface area contributed by atoms with Crippen LogP contribution in [0.3, 0.4) is 0 Å². The van der Waals surface area contributed by atoms with E-state index in [-0.39, 0.29) is 24.4 Å². The molecule has 2 atom stereocenters. The van der Waals surface area contributed by atoms with Gasteiger partial charge in [0.15, 0.2) is 0 Å². The van der Waals surface area contributed by atoms with Gasteiger partial charge in [0, 0.05) is 49.4 Å². The molecule has 9 heteroatoms. The molecule has 0 spiro atoms. The lowest BCUT2D eigenvalue weighted by Gasteiger charge is -2.35. The van der Waals surface area contributed by atoms with Gasteiger partial charge in [-0.2, -0.15) is 0 Å². The van der Waals surface area contributed by atoms with E-state index in [1.807, 2.05) is 12.1 Å². The number of nitrogens with one attached hydrogen (secondary N) is 2. The van der Waals surface area contributed by atoms with Crippen LogP contribution in [0.15, 0.2) is 18.2 Å². The fourth-order valence-electron chi connectivity index (χ4n) is 3.53. The summed E-state index contributed by atoms with van der Waals surface area (Å²) in [4.78, 5) is 14.2. The predicted octanol–water partition coefficient (Wildman–Crippen LogP) is 2.53. The Kier molecular flexibility index (Phi) is 7.11. The number of amides is 1. The standard InChI is InChI=1S/C18H25F2N3O3.ClH/c1-25-14-6-13(7-15(8-14)26-2)22-12-4-3-5-23(10-12)17(24)16-9-18(19,20)11-21-16;/h6-8,12,16,21-22H,3-5,9-11H2,1-2H3;1H. The van der Waals surface area contributed by atoms with Gasteiger partial charge in [-0.1, -0.05) is 0 Å². The summed E-state index contributed by atoms with van der Waals surface area (Å²) in [5.41, 5.74) is 0.839. The molecule has 0 aromatic heterocycles. The van der Waals surface area contributed by atoms with Crippen molar-refractivity contribution in [2.75, 3.05) is 39.2 Å². The zero-order chi connectivity index (χ0) is 18.7. The van der Waals surface area contributed by atoms with E-state index >= 15 is 0 Å². The molecule has 0 saturated carbocycles. The van der Waals surface area contributed by atoms with Gasteiger partial charge < -0.3 is 19.7 Å². The number of hydrogen-bond donors (Lipinski definition) is 2. The first kappa shape index (κ1) is 21.5. The van der Waals surface area contributed by atoms with E-state index in [1.165, 1.54) is 0 Å². The van der Waals surface area contributed by atoms with Crippen molar-refractivity contribution in [2.45, 2.75) is 37.3 Å². The summed E-state index contributed by atoms with van der Waals surface area (Å²) in [6, 6.07) is 4.77. The van der Waals surface area contributed by atoms with Gasteiger partial charge in [0.2, 0.25) is 5.91 Å². The number of carbonyl (C=O) groups excluding carboxylic acids is 1. The van der Waals surface area contributed by atoms with Crippen LogP contribution in [-0.2, 0) is 4.79 Å². The zero-order valence-electron chi connectivity index (χ0n) is 15.5. The number of nitrogens with zero attached hydrogens (tertiary/aromatic N) is 1. The number of methoxy groups -OCH3 is 2. The molecule has 0 aliphatic carbocycles. The van der Waals surface area contributed by atoms with E-state index in [4.69, 9.17) is 9.47 Å². The highest BCUT2D eigenvalue weighted by Crippen LogP contribution is 2.29. The van der Waals surface area contributed by atoms with Gasteiger partial charge in [0.25, 0.3) is 5.92 Å². The molecule has 2 N–H and O–H groups in total. The average molecular weight is 406 g/mol. The Morgan fingerprint density at radius 2 is 1.93 bits per heavy atom. The summed E-state index contributed by atoms with van der Waals surface area (Å²) in [5, 5.41) is 6.04. The minimum atomic E-state index is -2.80. The van der Waals surface area contributed by atoms with Crippen LogP contribution in [0.4, 0.5) is 14.5 Å². The molecule has 1 amide bonds. The van der Waals surface area contributed by atoms with Crippen molar-refractivity contribution in [3.05, 3.63) is 18.2 Å². The smallest absolute Gasteiger partial charge is 0.262 e. The first-order valence-corrected chi connectivity index (χ1v) is 8.80. The van der Waals surface area contributed by atoms with Crippen molar-refractivity contribution < 1.29 is 23.0 Å². The van der Waals surface area contributed by atoms with Crippen LogP contribution in [0.2, 0.25) is 0 Å². The van der Waals surface area contributed by atoms with Crippen LogP contribution in [0.5, 0.6) is 11.5 Å². The maximum Gasteiger partial charge on any atom is 0.262 e. The SMILES string of the molecule is COc1cc(NC2CCCN(C(=O)C3CC(F)(F)CN3)C2)cc(OC)c1.Cl. The van der Waals surface area contributed by atoms with E-state index in [9.17, 15) is 13.6 Å². The van der Waals surface area contributed by atoms with Gasteiger partial charge in [0.05, 0.1) is 26.8 Å². The number of hydrogen-bond acceptors (Lipinski definition) is 5. The highest BCUT2D eigenvalue weighted by molar-refractivity contribution is 5.85. The van der Waals surface area contributed by atoms with Crippen molar-refractivity contribution in [1.29, 1.82) is 0 Å². The third-order valence-electron chi connectivity index (χ3n) is 4.86. The van der Waals surface area contributed by atoms with Crippen LogP contribution in [0.1, 0.15) is 19.3 Å². The number of piperidine rings is 1.